The minimum Gasteiger partial charge on any atom is -0.497 e. The van der Waals surface area contributed by atoms with Gasteiger partial charge in [0.1, 0.15) is 10.8 Å². The summed E-state index contributed by atoms with van der Waals surface area (Å²) in [6.45, 7) is 6.42. The van der Waals surface area contributed by atoms with Crippen LogP contribution in [0.5, 0.6) is 5.75 Å². The number of nitrogens with zero attached hydrogens (tertiary/aromatic N) is 4. The van der Waals surface area contributed by atoms with Crippen molar-refractivity contribution in [2.24, 2.45) is 0 Å². The van der Waals surface area contributed by atoms with Crippen molar-refractivity contribution in [3.05, 3.63) is 57.0 Å². The molecular weight excluding hydrogens is 336 g/mol. The van der Waals surface area contributed by atoms with E-state index in [2.05, 4.69) is 34.0 Å². The molecule has 0 aliphatic rings. The molecule has 3 aromatic rings. The first-order valence-corrected chi connectivity index (χ1v) is 9.12. The number of aryl methyl sites for hydroxylation is 1. The summed E-state index contributed by atoms with van der Waals surface area (Å²) in [7, 11) is 1.67. The normalized spacial score (nSPS) is 11.4. The topological polar surface area (TPSA) is 59.7 Å². The van der Waals surface area contributed by atoms with Crippen LogP contribution in [0, 0.1) is 6.92 Å². The summed E-state index contributed by atoms with van der Waals surface area (Å²) in [5.74, 6) is 0.853. The zero-order valence-electron chi connectivity index (χ0n) is 14.7. The van der Waals surface area contributed by atoms with E-state index in [0.29, 0.717) is 11.5 Å². The zero-order chi connectivity index (χ0) is 17.8. The third-order valence-corrected chi connectivity index (χ3v) is 4.71. The summed E-state index contributed by atoms with van der Waals surface area (Å²) >= 11 is 1.44. The van der Waals surface area contributed by atoms with Crippen LogP contribution in [0.15, 0.2) is 35.1 Å². The Morgan fingerprint density at radius 3 is 2.68 bits per heavy atom. The summed E-state index contributed by atoms with van der Waals surface area (Å²) in [5.41, 5.74) is 1.88. The molecule has 0 unspecified atom stereocenters. The highest BCUT2D eigenvalue weighted by Crippen LogP contribution is 2.15. The molecular formula is C18H22N4O2S. The molecule has 0 N–H and O–H groups in total. The molecule has 0 amide bonds. The fourth-order valence-corrected chi connectivity index (χ4v) is 3.55. The SMILES string of the molecule is CCCN(Cc1ccc(OC)cc1)Cc1cc(=O)n2nc(C)sc2n1. The van der Waals surface area contributed by atoms with Gasteiger partial charge in [-0.25, -0.2) is 4.98 Å². The molecule has 25 heavy (non-hydrogen) atoms. The monoisotopic (exact) mass is 358 g/mol. The van der Waals surface area contributed by atoms with E-state index in [1.54, 1.807) is 13.2 Å². The fraction of sp³-hybridized carbons (Fsp3) is 0.389. The van der Waals surface area contributed by atoms with Crippen LogP contribution in [0.1, 0.15) is 29.6 Å². The highest BCUT2D eigenvalue weighted by atomic mass is 32.1. The van der Waals surface area contributed by atoms with Gasteiger partial charge < -0.3 is 4.74 Å². The standard InChI is InChI=1S/C18H22N4O2S/c1-4-9-21(11-14-5-7-16(24-3)8-6-14)12-15-10-17(23)22-18(19-15)25-13(2)20-22/h5-8,10H,4,9,11-12H2,1-3H3. The maximum Gasteiger partial charge on any atom is 0.275 e. The van der Waals surface area contributed by atoms with Crippen molar-refractivity contribution in [2.45, 2.75) is 33.4 Å². The quantitative estimate of drug-likeness (QED) is 0.650. The Bertz CT molecular complexity index is 902. The van der Waals surface area contributed by atoms with Crippen LogP contribution in [0.4, 0.5) is 0 Å². The van der Waals surface area contributed by atoms with E-state index in [4.69, 9.17) is 4.74 Å². The average molecular weight is 358 g/mol. The lowest BCUT2D eigenvalue weighted by Crippen LogP contribution is -2.26. The molecule has 0 aliphatic heterocycles. The Balaban J connectivity index is 1.79. The minimum absolute atomic E-state index is 0.120. The van der Waals surface area contributed by atoms with Gasteiger partial charge in [0.05, 0.1) is 12.8 Å². The Morgan fingerprint density at radius 2 is 2.00 bits per heavy atom. The Hall–Kier alpha value is -2.25. The van der Waals surface area contributed by atoms with Crippen LogP contribution >= 0.6 is 11.3 Å². The lowest BCUT2D eigenvalue weighted by atomic mass is 10.2. The second-order valence-corrected chi connectivity index (χ2v) is 7.12. The van der Waals surface area contributed by atoms with Gasteiger partial charge in [0, 0.05) is 19.2 Å². The molecule has 3 rings (SSSR count). The highest BCUT2D eigenvalue weighted by Gasteiger charge is 2.11. The number of hydrogen-bond acceptors (Lipinski definition) is 6. The average Bonchev–Trinajstić information content (AvgIpc) is 2.97. The van der Waals surface area contributed by atoms with Crippen molar-refractivity contribution in [2.75, 3.05) is 13.7 Å². The Labute approximate surface area is 150 Å². The van der Waals surface area contributed by atoms with E-state index >= 15 is 0 Å². The zero-order valence-corrected chi connectivity index (χ0v) is 15.5. The van der Waals surface area contributed by atoms with Gasteiger partial charge >= 0.3 is 0 Å². The number of benzene rings is 1. The van der Waals surface area contributed by atoms with E-state index in [1.165, 1.54) is 21.4 Å². The maximum absolute atomic E-state index is 12.2. The molecule has 1 aromatic carbocycles. The second kappa shape index (κ2) is 7.76. The van der Waals surface area contributed by atoms with Crippen LogP contribution < -0.4 is 10.3 Å². The molecule has 0 saturated heterocycles. The van der Waals surface area contributed by atoms with Gasteiger partial charge in [0.25, 0.3) is 5.56 Å². The van der Waals surface area contributed by atoms with Crippen LogP contribution in [-0.2, 0) is 13.1 Å². The van der Waals surface area contributed by atoms with Crippen molar-refractivity contribution < 1.29 is 4.74 Å². The predicted octanol–water partition coefficient (Wildman–Crippen LogP) is 2.88. The van der Waals surface area contributed by atoms with Gasteiger partial charge in [-0.1, -0.05) is 30.4 Å². The molecule has 0 saturated carbocycles. The molecule has 0 radical (unpaired) electrons. The van der Waals surface area contributed by atoms with E-state index < -0.39 is 0 Å². The first-order valence-electron chi connectivity index (χ1n) is 8.30. The van der Waals surface area contributed by atoms with E-state index in [1.807, 2.05) is 19.1 Å². The molecule has 132 valence electrons. The van der Waals surface area contributed by atoms with E-state index in [9.17, 15) is 4.79 Å². The molecule has 0 spiro atoms. The number of ether oxygens (including phenoxy) is 1. The molecule has 0 fully saturated rings. The second-order valence-electron chi connectivity index (χ2n) is 5.96. The van der Waals surface area contributed by atoms with Crippen molar-refractivity contribution in [3.8, 4) is 5.75 Å². The summed E-state index contributed by atoms with van der Waals surface area (Å²) in [5, 5.41) is 5.03. The van der Waals surface area contributed by atoms with Crippen LogP contribution in [-0.4, -0.2) is 33.2 Å². The lowest BCUT2D eigenvalue weighted by molar-refractivity contribution is 0.254. The number of aromatic nitrogens is 3. The first kappa shape index (κ1) is 17.6. The molecule has 2 heterocycles. The van der Waals surface area contributed by atoms with E-state index in [-0.39, 0.29) is 5.56 Å². The van der Waals surface area contributed by atoms with Gasteiger partial charge in [-0.3, -0.25) is 9.69 Å². The van der Waals surface area contributed by atoms with Crippen LogP contribution in [0.2, 0.25) is 0 Å². The summed E-state index contributed by atoms with van der Waals surface area (Å²) < 4.78 is 6.58. The molecule has 0 atom stereocenters. The minimum atomic E-state index is -0.120. The Kier molecular flexibility index (Phi) is 5.45. The number of fused-ring (bicyclic) bond motifs is 1. The van der Waals surface area contributed by atoms with Crippen molar-refractivity contribution >= 4 is 16.3 Å². The smallest absolute Gasteiger partial charge is 0.275 e. The number of hydrogen-bond donors (Lipinski definition) is 0. The molecule has 0 aliphatic carbocycles. The lowest BCUT2D eigenvalue weighted by Gasteiger charge is -2.21. The van der Waals surface area contributed by atoms with Gasteiger partial charge in [-0.2, -0.15) is 9.61 Å². The largest absolute Gasteiger partial charge is 0.497 e. The summed E-state index contributed by atoms with van der Waals surface area (Å²) in [6, 6.07) is 9.66. The predicted molar refractivity (Wildman–Crippen MR) is 99.3 cm³/mol. The van der Waals surface area contributed by atoms with Gasteiger partial charge in [-0.05, 0) is 37.6 Å². The van der Waals surface area contributed by atoms with Crippen LogP contribution in [0.3, 0.4) is 0 Å². The fourth-order valence-electron chi connectivity index (χ4n) is 2.78. The summed E-state index contributed by atoms with van der Waals surface area (Å²) in [6.07, 6.45) is 1.04. The molecule has 0 bridgehead atoms. The molecule has 7 heteroatoms. The van der Waals surface area contributed by atoms with Crippen molar-refractivity contribution in [1.82, 2.24) is 19.5 Å². The Morgan fingerprint density at radius 1 is 1.24 bits per heavy atom. The van der Waals surface area contributed by atoms with Gasteiger partial charge in [-0.15, -0.1) is 0 Å². The maximum atomic E-state index is 12.2. The summed E-state index contributed by atoms with van der Waals surface area (Å²) in [4.78, 5) is 19.8. The molecule has 2 aromatic heterocycles. The van der Waals surface area contributed by atoms with E-state index in [0.717, 1.165) is 36.0 Å². The van der Waals surface area contributed by atoms with Crippen LogP contribution in [0.25, 0.3) is 4.96 Å². The molecule has 6 nitrogen and oxygen atoms in total. The third-order valence-electron chi connectivity index (χ3n) is 3.89. The van der Waals surface area contributed by atoms with Gasteiger partial charge in [0.15, 0.2) is 0 Å². The number of rotatable bonds is 7. The van der Waals surface area contributed by atoms with Gasteiger partial charge in [0.2, 0.25) is 4.96 Å². The van der Waals surface area contributed by atoms with Crippen molar-refractivity contribution in [1.29, 1.82) is 0 Å². The first-order chi connectivity index (χ1) is 12.1. The third kappa shape index (κ3) is 4.24. The number of methoxy groups -OCH3 is 1. The highest BCUT2D eigenvalue weighted by molar-refractivity contribution is 7.16. The van der Waals surface area contributed by atoms with Crippen molar-refractivity contribution in [3.63, 3.8) is 0 Å².